The molecule has 0 unspecified atom stereocenters. The summed E-state index contributed by atoms with van der Waals surface area (Å²) in [4.78, 5) is 4.18. The number of ether oxygens (including phenoxy) is 1. The highest BCUT2D eigenvalue weighted by Crippen LogP contribution is 2.33. The Bertz CT molecular complexity index is 648. The van der Waals surface area contributed by atoms with Crippen molar-refractivity contribution in [2.45, 2.75) is 39.7 Å². The molecule has 0 amide bonds. The zero-order valence-corrected chi connectivity index (χ0v) is 13.7. The van der Waals surface area contributed by atoms with Crippen LogP contribution in [0.15, 0.2) is 30.5 Å². The molecule has 2 N–H and O–H groups in total. The maximum atomic E-state index is 6.25. The summed E-state index contributed by atoms with van der Waals surface area (Å²) in [6, 6.07) is 7.97. The van der Waals surface area contributed by atoms with Crippen LogP contribution in [0, 0.1) is 6.92 Å². The zero-order valence-electron chi connectivity index (χ0n) is 12.9. The fourth-order valence-corrected chi connectivity index (χ4v) is 2.25. The largest absolute Gasteiger partial charge is 0.437 e. The van der Waals surface area contributed by atoms with Gasteiger partial charge in [0, 0.05) is 12.7 Å². The number of aromatic nitrogens is 1. The molecule has 0 fully saturated rings. The smallest absolute Gasteiger partial charge is 0.238 e. The maximum Gasteiger partial charge on any atom is 0.238 e. The van der Waals surface area contributed by atoms with Crippen LogP contribution in [0.5, 0.6) is 11.6 Å². The van der Waals surface area contributed by atoms with Crippen molar-refractivity contribution in [3.63, 3.8) is 0 Å². The number of aryl methyl sites for hydroxylation is 1. The summed E-state index contributed by atoms with van der Waals surface area (Å²) in [6.45, 7) is 8.94. The van der Waals surface area contributed by atoms with E-state index in [0.717, 1.165) is 16.9 Å². The first-order chi connectivity index (χ1) is 9.82. The van der Waals surface area contributed by atoms with E-state index in [4.69, 9.17) is 22.1 Å². The first kappa shape index (κ1) is 15.8. The van der Waals surface area contributed by atoms with Crippen molar-refractivity contribution < 1.29 is 4.74 Å². The van der Waals surface area contributed by atoms with Gasteiger partial charge in [-0.25, -0.2) is 4.98 Å². The highest BCUT2D eigenvalue weighted by molar-refractivity contribution is 6.32. The number of halogens is 1. The quantitative estimate of drug-likeness (QED) is 0.902. The Balaban J connectivity index is 2.33. The number of nitrogens with two attached hydrogens (primary N) is 1. The second-order valence-electron chi connectivity index (χ2n) is 6.13. The van der Waals surface area contributed by atoms with Gasteiger partial charge in [0.1, 0.15) is 10.8 Å². The van der Waals surface area contributed by atoms with Gasteiger partial charge in [0.2, 0.25) is 5.88 Å². The van der Waals surface area contributed by atoms with E-state index in [0.29, 0.717) is 17.4 Å². The van der Waals surface area contributed by atoms with Crippen LogP contribution in [-0.2, 0) is 12.0 Å². The van der Waals surface area contributed by atoms with Gasteiger partial charge in [-0.3, -0.25) is 0 Å². The molecule has 0 aliphatic carbocycles. The van der Waals surface area contributed by atoms with Crippen LogP contribution >= 0.6 is 11.6 Å². The molecular weight excluding hydrogens is 284 g/mol. The van der Waals surface area contributed by atoms with Crippen molar-refractivity contribution in [3.05, 3.63) is 52.2 Å². The molecule has 2 aromatic rings. The lowest BCUT2D eigenvalue weighted by Crippen LogP contribution is -2.11. The molecule has 21 heavy (non-hydrogen) atoms. The molecule has 0 aliphatic heterocycles. The molecule has 0 bridgehead atoms. The summed E-state index contributed by atoms with van der Waals surface area (Å²) < 4.78 is 5.85. The molecule has 0 aliphatic rings. The van der Waals surface area contributed by atoms with Gasteiger partial charge >= 0.3 is 0 Å². The van der Waals surface area contributed by atoms with Gasteiger partial charge in [-0.1, -0.05) is 44.5 Å². The topological polar surface area (TPSA) is 48.1 Å². The Labute approximate surface area is 131 Å². The van der Waals surface area contributed by atoms with Crippen LogP contribution in [0.1, 0.15) is 37.5 Å². The predicted molar refractivity (Wildman–Crippen MR) is 87.1 cm³/mol. The molecule has 4 heteroatoms. The first-order valence-corrected chi connectivity index (χ1v) is 7.33. The van der Waals surface area contributed by atoms with Crippen molar-refractivity contribution in [2.24, 2.45) is 5.73 Å². The van der Waals surface area contributed by atoms with Gasteiger partial charge < -0.3 is 10.5 Å². The number of nitrogens with zero attached hydrogens (tertiary/aromatic N) is 1. The molecule has 0 atom stereocenters. The second kappa shape index (κ2) is 6.04. The minimum absolute atomic E-state index is 0.110. The van der Waals surface area contributed by atoms with Crippen LogP contribution in [-0.4, -0.2) is 4.98 Å². The standard InChI is InChI=1S/C17H21ClN2O/c1-11-9-13(17(2,3)4)5-6-14(11)21-16-15(18)12(10-19)7-8-20-16/h5-9H,10,19H2,1-4H3. The molecule has 1 heterocycles. The molecule has 0 saturated carbocycles. The summed E-state index contributed by atoms with van der Waals surface area (Å²) in [5, 5.41) is 0.472. The first-order valence-electron chi connectivity index (χ1n) is 6.95. The average Bonchev–Trinajstić information content (AvgIpc) is 2.42. The van der Waals surface area contributed by atoms with Crippen molar-refractivity contribution in [2.75, 3.05) is 0 Å². The van der Waals surface area contributed by atoms with E-state index < -0.39 is 0 Å². The third-order valence-corrected chi connectivity index (χ3v) is 3.81. The molecule has 1 aromatic carbocycles. The van der Waals surface area contributed by atoms with Crippen LogP contribution in [0.4, 0.5) is 0 Å². The van der Waals surface area contributed by atoms with Crippen LogP contribution in [0.25, 0.3) is 0 Å². The van der Waals surface area contributed by atoms with E-state index >= 15 is 0 Å². The summed E-state index contributed by atoms with van der Waals surface area (Å²) >= 11 is 6.25. The Morgan fingerprint density at radius 2 is 1.95 bits per heavy atom. The van der Waals surface area contributed by atoms with E-state index in [1.54, 1.807) is 12.3 Å². The number of hydrogen-bond donors (Lipinski definition) is 1. The van der Waals surface area contributed by atoms with Crippen molar-refractivity contribution in [3.8, 4) is 11.6 Å². The fourth-order valence-electron chi connectivity index (χ4n) is 2.03. The molecule has 1 aromatic heterocycles. The van der Waals surface area contributed by atoms with Gasteiger partial charge in [-0.15, -0.1) is 0 Å². The van der Waals surface area contributed by atoms with Crippen molar-refractivity contribution >= 4 is 11.6 Å². The Hall–Kier alpha value is -1.58. The lowest BCUT2D eigenvalue weighted by atomic mass is 9.86. The van der Waals surface area contributed by atoms with E-state index in [2.05, 4.69) is 37.9 Å². The third-order valence-electron chi connectivity index (χ3n) is 3.40. The normalized spacial score (nSPS) is 11.5. The van der Waals surface area contributed by atoms with E-state index in [1.807, 2.05) is 13.0 Å². The van der Waals surface area contributed by atoms with E-state index in [1.165, 1.54) is 5.56 Å². The number of rotatable bonds is 3. The minimum atomic E-state index is 0.110. The highest BCUT2D eigenvalue weighted by atomic mass is 35.5. The van der Waals surface area contributed by atoms with Crippen LogP contribution < -0.4 is 10.5 Å². The van der Waals surface area contributed by atoms with E-state index in [9.17, 15) is 0 Å². The van der Waals surface area contributed by atoms with Gasteiger partial charge in [-0.2, -0.15) is 0 Å². The fraction of sp³-hybridized carbons (Fsp3) is 0.353. The summed E-state index contributed by atoms with van der Waals surface area (Å²) in [5.74, 6) is 1.15. The number of benzene rings is 1. The minimum Gasteiger partial charge on any atom is -0.437 e. The van der Waals surface area contributed by atoms with Gasteiger partial charge in [0.05, 0.1) is 0 Å². The molecule has 112 valence electrons. The lowest BCUT2D eigenvalue weighted by Gasteiger charge is -2.20. The number of hydrogen-bond acceptors (Lipinski definition) is 3. The van der Waals surface area contributed by atoms with Crippen molar-refractivity contribution in [1.82, 2.24) is 4.98 Å². The summed E-state index contributed by atoms with van der Waals surface area (Å²) in [7, 11) is 0. The SMILES string of the molecule is Cc1cc(C(C)(C)C)ccc1Oc1nccc(CN)c1Cl. The lowest BCUT2D eigenvalue weighted by molar-refractivity contribution is 0.458. The summed E-state index contributed by atoms with van der Waals surface area (Å²) in [5.41, 5.74) is 8.90. The van der Waals surface area contributed by atoms with Gasteiger partial charge in [0.15, 0.2) is 0 Å². The summed E-state index contributed by atoms with van der Waals surface area (Å²) in [6.07, 6.45) is 1.66. The molecule has 3 nitrogen and oxygen atoms in total. The van der Waals surface area contributed by atoms with Crippen LogP contribution in [0.2, 0.25) is 5.02 Å². The average molecular weight is 305 g/mol. The van der Waals surface area contributed by atoms with Gasteiger partial charge in [0.25, 0.3) is 0 Å². The Morgan fingerprint density at radius 1 is 1.24 bits per heavy atom. The third kappa shape index (κ3) is 3.55. The zero-order chi connectivity index (χ0) is 15.6. The Kier molecular flexibility index (Phi) is 4.55. The molecule has 0 radical (unpaired) electrons. The molecular formula is C17H21ClN2O. The Morgan fingerprint density at radius 3 is 2.52 bits per heavy atom. The van der Waals surface area contributed by atoms with E-state index in [-0.39, 0.29) is 5.41 Å². The second-order valence-corrected chi connectivity index (χ2v) is 6.50. The maximum absolute atomic E-state index is 6.25. The monoisotopic (exact) mass is 304 g/mol. The molecule has 0 spiro atoms. The van der Waals surface area contributed by atoms with Crippen LogP contribution in [0.3, 0.4) is 0 Å². The van der Waals surface area contributed by atoms with Crippen molar-refractivity contribution in [1.29, 1.82) is 0 Å². The predicted octanol–water partition coefficient (Wildman–Crippen LogP) is 4.59. The molecule has 0 saturated heterocycles. The molecule has 2 rings (SSSR count). The number of pyridine rings is 1. The highest BCUT2D eigenvalue weighted by Gasteiger charge is 2.16. The van der Waals surface area contributed by atoms with Gasteiger partial charge in [-0.05, 0) is 41.2 Å².